The maximum atomic E-state index is 12.7. The molecule has 0 aromatic carbocycles. The van der Waals surface area contributed by atoms with Crippen molar-refractivity contribution >= 4 is 6.03 Å². The molecule has 4 heteroatoms. The van der Waals surface area contributed by atoms with E-state index in [0.29, 0.717) is 12.0 Å². The maximum Gasteiger partial charge on any atom is 0.317 e. The van der Waals surface area contributed by atoms with Crippen molar-refractivity contribution in [1.29, 1.82) is 0 Å². The minimum Gasteiger partial charge on any atom is -0.334 e. The molecule has 4 fully saturated rings. The third-order valence-corrected chi connectivity index (χ3v) is 7.27. The van der Waals surface area contributed by atoms with E-state index in [0.717, 1.165) is 49.2 Å². The number of carbonyl (C=O) groups excluding carboxylic acids is 1. The lowest BCUT2D eigenvalue weighted by molar-refractivity contribution is -0.0586. The number of amides is 2. The van der Waals surface area contributed by atoms with Gasteiger partial charge in [-0.2, -0.15) is 0 Å². The van der Waals surface area contributed by atoms with Gasteiger partial charge in [-0.1, -0.05) is 6.92 Å². The molecule has 4 saturated carbocycles. The SMILES string of the molecule is CCCN(CCCC12CC3CC(CC(C3)C1)C2)C(=O)NCc1ccncc1. The number of aromatic nitrogens is 1. The Morgan fingerprint density at radius 3 is 2.33 bits per heavy atom. The molecule has 27 heavy (non-hydrogen) atoms. The number of hydrogen-bond donors (Lipinski definition) is 1. The predicted molar refractivity (Wildman–Crippen MR) is 108 cm³/mol. The van der Waals surface area contributed by atoms with Gasteiger partial charge < -0.3 is 10.2 Å². The number of nitrogens with one attached hydrogen (secondary N) is 1. The zero-order chi connectivity index (χ0) is 18.7. The molecule has 4 aliphatic carbocycles. The van der Waals surface area contributed by atoms with Crippen LogP contribution in [0.15, 0.2) is 24.5 Å². The molecule has 1 aromatic rings. The molecule has 0 saturated heterocycles. The molecule has 1 heterocycles. The van der Waals surface area contributed by atoms with Crippen molar-refractivity contribution in [2.45, 2.75) is 71.3 Å². The lowest BCUT2D eigenvalue weighted by Crippen LogP contribution is -2.46. The molecule has 0 radical (unpaired) electrons. The van der Waals surface area contributed by atoms with Crippen molar-refractivity contribution in [2.75, 3.05) is 13.1 Å². The van der Waals surface area contributed by atoms with Crippen LogP contribution in [0.4, 0.5) is 4.79 Å². The Morgan fingerprint density at radius 1 is 1.11 bits per heavy atom. The van der Waals surface area contributed by atoms with Gasteiger partial charge in [0.1, 0.15) is 0 Å². The lowest BCUT2D eigenvalue weighted by atomic mass is 9.48. The number of hydrogen-bond acceptors (Lipinski definition) is 2. The first kappa shape index (κ1) is 18.8. The van der Waals surface area contributed by atoms with Crippen LogP contribution < -0.4 is 5.32 Å². The molecule has 0 aliphatic heterocycles. The van der Waals surface area contributed by atoms with Gasteiger partial charge in [0.2, 0.25) is 0 Å². The molecule has 4 nitrogen and oxygen atoms in total. The molecule has 0 spiro atoms. The van der Waals surface area contributed by atoms with Crippen LogP contribution in [0.25, 0.3) is 0 Å². The highest BCUT2D eigenvalue weighted by Crippen LogP contribution is 2.61. The summed E-state index contributed by atoms with van der Waals surface area (Å²) in [6, 6.07) is 3.99. The number of rotatable bonds is 8. The Kier molecular flexibility index (Phi) is 5.70. The summed E-state index contributed by atoms with van der Waals surface area (Å²) in [5.41, 5.74) is 1.73. The Hall–Kier alpha value is -1.58. The van der Waals surface area contributed by atoms with Crippen LogP contribution in [-0.2, 0) is 6.54 Å². The first-order valence-corrected chi connectivity index (χ1v) is 11.1. The van der Waals surface area contributed by atoms with E-state index in [1.165, 1.54) is 44.9 Å². The minimum atomic E-state index is 0.0826. The molecular weight excluding hydrogens is 334 g/mol. The van der Waals surface area contributed by atoms with E-state index in [1.807, 2.05) is 17.0 Å². The summed E-state index contributed by atoms with van der Waals surface area (Å²) in [4.78, 5) is 18.7. The Labute approximate surface area is 164 Å². The van der Waals surface area contributed by atoms with Gasteiger partial charge in [0.15, 0.2) is 0 Å². The fraction of sp³-hybridized carbons (Fsp3) is 0.739. The molecule has 5 rings (SSSR count). The summed E-state index contributed by atoms with van der Waals surface area (Å²) in [5, 5.41) is 3.09. The highest BCUT2D eigenvalue weighted by atomic mass is 16.2. The minimum absolute atomic E-state index is 0.0826. The van der Waals surface area contributed by atoms with E-state index in [4.69, 9.17) is 0 Å². The van der Waals surface area contributed by atoms with E-state index in [1.54, 1.807) is 12.4 Å². The van der Waals surface area contributed by atoms with Gasteiger partial charge in [-0.05, 0) is 98.7 Å². The van der Waals surface area contributed by atoms with Gasteiger partial charge in [-0.3, -0.25) is 4.98 Å². The Balaban J connectivity index is 1.26. The molecule has 2 amide bonds. The number of pyridine rings is 1. The zero-order valence-electron chi connectivity index (χ0n) is 16.8. The summed E-state index contributed by atoms with van der Waals surface area (Å²) in [5.74, 6) is 3.06. The standard InChI is InChI=1S/C23H35N3O/c1-2-9-26(22(27)25-17-18-4-7-24-8-5-18)10-3-6-23-14-19-11-20(15-23)13-21(12-19)16-23/h4-5,7-8,19-21H,2-3,6,9-17H2,1H3,(H,25,27). The average Bonchev–Trinajstić information content (AvgIpc) is 2.65. The van der Waals surface area contributed by atoms with Crippen molar-refractivity contribution < 1.29 is 4.79 Å². The van der Waals surface area contributed by atoms with E-state index in [9.17, 15) is 4.79 Å². The third-order valence-electron chi connectivity index (χ3n) is 7.27. The summed E-state index contributed by atoms with van der Waals surface area (Å²) in [6.45, 7) is 4.49. The van der Waals surface area contributed by atoms with Gasteiger partial charge in [0.05, 0.1) is 0 Å². The molecule has 0 atom stereocenters. The van der Waals surface area contributed by atoms with Crippen LogP contribution in [0, 0.1) is 23.2 Å². The maximum absolute atomic E-state index is 12.7. The second-order valence-electron chi connectivity index (χ2n) is 9.52. The Bertz CT molecular complexity index is 594. The quantitative estimate of drug-likeness (QED) is 0.701. The first-order valence-electron chi connectivity index (χ1n) is 11.1. The van der Waals surface area contributed by atoms with Gasteiger partial charge >= 0.3 is 6.03 Å². The van der Waals surface area contributed by atoms with Crippen LogP contribution in [0.1, 0.15) is 70.3 Å². The smallest absolute Gasteiger partial charge is 0.317 e. The summed E-state index contributed by atoms with van der Waals surface area (Å²) >= 11 is 0. The fourth-order valence-corrected chi connectivity index (χ4v) is 6.62. The van der Waals surface area contributed by atoms with Gasteiger partial charge in [0.25, 0.3) is 0 Å². The van der Waals surface area contributed by atoms with Crippen molar-refractivity contribution in [2.24, 2.45) is 23.2 Å². The van der Waals surface area contributed by atoms with Gasteiger partial charge in [-0.15, -0.1) is 0 Å². The largest absolute Gasteiger partial charge is 0.334 e. The molecule has 4 aliphatic rings. The van der Waals surface area contributed by atoms with E-state index < -0.39 is 0 Å². The van der Waals surface area contributed by atoms with Crippen LogP contribution >= 0.6 is 0 Å². The highest BCUT2D eigenvalue weighted by Gasteiger charge is 2.50. The number of nitrogens with zero attached hydrogens (tertiary/aromatic N) is 2. The van der Waals surface area contributed by atoms with Crippen LogP contribution in [-0.4, -0.2) is 29.0 Å². The lowest BCUT2D eigenvalue weighted by Gasteiger charge is -2.57. The fourth-order valence-electron chi connectivity index (χ4n) is 6.62. The molecule has 0 unspecified atom stereocenters. The van der Waals surface area contributed by atoms with E-state index >= 15 is 0 Å². The molecule has 1 aromatic heterocycles. The zero-order valence-corrected chi connectivity index (χ0v) is 16.8. The van der Waals surface area contributed by atoms with Gasteiger partial charge in [-0.25, -0.2) is 4.79 Å². The second-order valence-corrected chi connectivity index (χ2v) is 9.52. The highest BCUT2D eigenvalue weighted by molar-refractivity contribution is 5.74. The molecule has 148 valence electrons. The van der Waals surface area contributed by atoms with Crippen molar-refractivity contribution in [3.63, 3.8) is 0 Å². The molecule has 1 N–H and O–H groups in total. The van der Waals surface area contributed by atoms with Gasteiger partial charge in [0, 0.05) is 32.0 Å². The van der Waals surface area contributed by atoms with Crippen LogP contribution in [0.5, 0.6) is 0 Å². The second kappa shape index (κ2) is 8.20. The molecule has 4 bridgehead atoms. The monoisotopic (exact) mass is 369 g/mol. The van der Waals surface area contributed by atoms with Crippen molar-refractivity contribution in [3.05, 3.63) is 30.1 Å². The predicted octanol–water partition coefficient (Wildman–Crippen LogP) is 5.00. The number of carbonyl (C=O) groups is 1. The van der Waals surface area contributed by atoms with Crippen LogP contribution in [0.3, 0.4) is 0 Å². The van der Waals surface area contributed by atoms with E-state index in [-0.39, 0.29) is 6.03 Å². The average molecular weight is 370 g/mol. The van der Waals surface area contributed by atoms with Crippen LogP contribution in [0.2, 0.25) is 0 Å². The molecular formula is C23H35N3O. The first-order chi connectivity index (χ1) is 13.2. The van der Waals surface area contributed by atoms with E-state index in [2.05, 4.69) is 17.2 Å². The third kappa shape index (κ3) is 4.47. The summed E-state index contributed by atoms with van der Waals surface area (Å²) < 4.78 is 0. The van der Waals surface area contributed by atoms with Crippen molar-refractivity contribution in [3.8, 4) is 0 Å². The Morgan fingerprint density at radius 2 is 1.74 bits per heavy atom. The topological polar surface area (TPSA) is 45.2 Å². The summed E-state index contributed by atoms with van der Waals surface area (Å²) in [7, 11) is 0. The number of urea groups is 1. The normalized spacial score (nSPS) is 31.1. The van der Waals surface area contributed by atoms with Crippen molar-refractivity contribution in [1.82, 2.24) is 15.2 Å². The summed E-state index contributed by atoms with van der Waals surface area (Å²) in [6.07, 6.45) is 16.0.